The van der Waals surface area contributed by atoms with E-state index < -0.39 is 47.7 Å². The molecule has 3 aliphatic heterocycles. The van der Waals surface area contributed by atoms with E-state index in [0.29, 0.717) is 0 Å². The molecule has 3 fully saturated rings. The molecule has 6 atom stereocenters. The Labute approximate surface area is 153 Å². The molecule has 0 saturated carbocycles. The second kappa shape index (κ2) is 6.66. The number of carbonyl (C=O) groups excluding carboxylic acids is 1. The maximum absolute atomic E-state index is 12.2. The molecule has 3 rings (SSSR count). The summed E-state index contributed by atoms with van der Waals surface area (Å²) in [6.07, 6.45) is -3.48. The van der Waals surface area contributed by atoms with Crippen LogP contribution in [-0.4, -0.2) is 81.8 Å². The first-order chi connectivity index (χ1) is 12.1. The van der Waals surface area contributed by atoms with Crippen LogP contribution >= 0.6 is 0 Å². The molecule has 0 N–H and O–H groups in total. The van der Waals surface area contributed by atoms with Crippen molar-refractivity contribution in [2.45, 2.75) is 75.6 Å². The van der Waals surface area contributed by atoms with E-state index >= 15 is 0 Å². The largest absolute Gasteiger partial charge is 0.467 e. The Hall–Kier alpha value is -0.810. The van der Waals surface area contributed by atoms with E-state index in [4.69, 9.17) is 37.9 Å². The summed E-state index contributed by atoms with van der Waals surface area (Å²) in [6.45, 7) is 7.38. The van der Waals surface area contributed by atoms with Crippen molar-refractivity contribution >= 4 is 5.97 Å². The fourth-order valence-corrected chi connectivity index (χ4v) is 3.98. The van der Waals surface area contributed by atoms with Crippen LogP contribution in [0.1, 0.15) is 27.7 Å². The fraction of sp³-hybridized carbons (Fsp3) is 0.941. The third kappa shape index (κ3) is 3.15. The summed E-state index contributed by atoms with van der Waals surface area (Å²) in [5.41, 5.74) is 0. The van der Waals surface area contributed by atoms with Crippen LogP contribution in [-0.2, 0) is 42.7 Å². The van der Waals surface area contributed by atoms with E-state index in [1.165, 1.54) is 21.3 Å². The maximum Gasteiger partial charge on any atom is 0.337 e. The minimum Gasteiger partial charge on any atom is -0.467 e. The van der Waals surface area contributed by atoms with E-state index in [1.54, 1.807) is 13.8 Å². The zero-order valence-electron chi connectivity index (χ0n) is 16.3. The highest BCUT2D eigenvalue weighted by Gasteiger charge is 2.70. The highest BCUT2D eigenvalue weighted by Crippen LogP contribution is 2.50. The molecule has 3 heterocycles. The number of fused-ring (bicyclic) bond motifs is 3. The number of hydrogen-bond acceptors (Lipinski definition) is 9. The quantitative estimate of drug-likeness (QED) is 0.639. The van der Waals surface area contributed by atoms with Crippen LogP contribution < -0.4 is 0 Å². The minimum atomic E-state index is -1.42. The first-order valence-corrected chi connectivity index (χ1v) is 8.60. The number of hydrogen-bond donors (Lipinski definition) is 0. The molecule has 0 bridgehead atoms. The van der Waals surface area contributed by atoms with Crippen LogP contribution in [0.15, 0.2) is 0 Å². The van der Waals surface area contributed by atoms with Crippen molar-refractivity contribution in [3.63, 3.8) is 0 Å². The van der Waals surface area contributed by atoms with Gasteiger partial charge in [0.05, 0.1) is 13.7 Å². The summed E-state index contributed by atoms with van der Waals surface area (Å²) in [4.78, 5) is 12.2. The molecule has 3 aliphatic rings. The van der Waals surface area contributed by atoms with Gasteiger partial charge in [-0.25, -0.2) is 4.79 Å². The van der Waals surface area contributed by atoms with Crippen molar-refractivity contribution < 1.29 is 42.7 Å². The predicted molar refractivity (Wildman–Crippen MR) is 86.2 cm³/mol. The molecule has 3 saturated heterocycles. The standard InChI is InChI=1S/C17H28O9/c1-15(2)23-9-8-22-17(12(20-6)11(19-5)14(18)21-7)13(10(9)24-15)25-16(3,4)26-17/h9-13H,8H2,1-7H3/t9-,10-,11+,12-,13+,17+/m1/s1. The van der Waals surface area contributed by atoms with E-state index in [-0.39, 0.29) is 12.7 Å². The van der Waals surface area contributed by atoms with Crippen molar-refractivity contribution in [2.75, 3.05) is 27.9 Å². The van der Waals surface area contributed by atoms with Gasteiger partial charge in [0.25, 0.3) is 0 Å². The molecule has 0 radical (unpaired) electrons. The fourth-order valence-electron chi connectivity index (χ4n) is 3.98. The topological polar surface area (TPSA) is 90.9 Å². The van der Waals surface area contributed by atoms with Gasteiger partial charge >= 0.3 is 5.97 Å². The molecule has 0 amide bonds. The van der Waals surface area contributed by atoms with Gasteiger partial charge in [-0.15, -0.1) is 0 Å². The van der Waals surface area contributed by atoms with Gasteiger partial charge in [0.15, 0.2) is 23.8 Å². The Balaban J connectivity index is 2.00. The molecule has 0 aromatic rings. The first-order valence-electron chi connectivity index (χ1n) is 8.60. The minimum absolute atomic E-state index is 0.196. The molecule has 0 spiro atoms. The number of esters is 1. The number of ether oxygens (including phenoxy) is 8. The lowest BCUT2D eigenvalue weighted by atomic mass is 9.90. The number of methoxy groups -OCH3 is 3. The smallest absolute Gasteiger partial charge is 0.337 e. The van der Waals surface area contributed by atoms with Gasteiger partial charge in [0, 0.05) is 14.2 Å². The van der Waals surface area contributed by atoms with Gasteiger partial charge in [-0.3, -0.25) is 0 Å². The van der Waals surface area contributed by atoms with Gasteiger partial charge < -0.3 is 37.9 Å². The summed E-state index contributed by atoms with van der Waals surface area (Å²) < 4.78 is 46.1. The Morgan fingerprint density at radius 2 is 1.69 bits per heavy atom. The zero-order chi connectivity index (χ0) is 19.3. The molecule has 0 aliphatic carbocycles. The van der Waals surface area contributed by atoms with E-state index in [0.717, 1.165) is 0 Å². The lowest BCUT2D eigenvalue weighted by Crippen LogP contribution is -2.67. The van der Waals surface area contributed by atoms with Crippen molar-refractivity contribution in [1.82, 2.24) is 0 Å². The van der Waals surface area contributed by atoms with E-state index in [2.05, 4.69) is 0 Å². The second-order valence-corrected chi connectivity index (χ2v) is 7.55. The van der Waals surface area contributed by atoms with Gasteiger partial charge in [0.2, 0.25) is 5.79 Å². The van der Waals surface area contributed by atoms with Crippen LogP contribution in [0.2, 0.25) is 0 Å². The second-order valence-electron chi connectivity index (χ2n) is 7.55. The van der Waals surface area contributed by atoms with Crippen molar-refractivity contribution in [2.24, 2.45) is 0 Å². The van der Waals surface area contributed by atoms with E-state index in [9.17, 15) is 4.79 Å². The van der Waals surface area contributed by atoms with Crippen molar-refractivity contribution in [3.05, 3.63) is 0 Å². The van der Waals surface area contributed by atoms with Crippen LogP contribution in [0.5, 0.6) is 0 Å². The average Bonchev–Trinajstić information content (AvgIpc) is 3.03. The average molecular weight is 376 g/mol. The van der Waals surface area contributed by atoms with Crippen LogP contribution in [0.3, 0.4) is 0 Å². The first kappa shape index (κ1) is 19.9. The summed E-state index contributed by atoms with van der Waals surface area (Å²) in [7, 11) is 4.12. The van der Waals surface area contributed by atoms with Crippen molar-refractivity contribution in [3.8, 4) is 0 Å². The third-order valence-electron chi connectivity index (χ3n) is 4.82. The highest BCUT2D eigenvalue weighted by molar-refractivity contribution is 5.75. The normalized spacial score (nSPS) is 39.7. The van der Waals surface area contributed by atoms with Gasteiger partial charge in [-0.1, -0.05) is 0 Å². The Kier molecular flexibility index (Phi) is 5.11. The molecule has 0 aromatic carbocycles. The lowest BCUT2D eigenvalue weighted by molar-refractivity contribution is -0.333. The third-order valence-corrected chi connectivity index (χ3v) is 4.82. The predicted octanol–water partition coefficient (Wildman–Crippen LogP) is 0.588. The number of rotatable bonds is 5. The molecular formula is C17H28O9. The Morgan fingerprint density at radius 3 is 2.27 bits per heavy atom. The highest BCUT2D eigenvalue weighted by atomic mass is 16.9. The molecule has 0 aromatic heterocycles. The SMILES string of the molecule is COC(=O)[C@@H](OC)[C@@H](OC)[C@@]12OC[C@H]3OC(C)(C)O[C@H]3[C@@H]1OC(C)(C)O2. The molecule has 26 heavy (non-hydrogen) atoms. The summed E-state index contributed by atoms with van der Waals surface area (Å²) in [6, 6.07) is 0. The summed E-state index contributed by atoms with van der Waals surface area (Å²) in [5, 5.41) is 0. The molecule has 9 nitrogen and oxygen atoms in total. The molecule has 0 unspecified atom stereocenters. The zero-order valence-corrected chi connectivity index (χ0v) is 16.3. The molecule has 9 heteroatoms. The van der Waals surface area contributed by atoms with Crippen molar-refractivity contribution in [1.29, 1.82) is 0 Å². The Bertz CT molecular complexity index is 548. The Morgan fingerprint density at radius 1 is 1.00 bits per heavy atom. The monoisotopic (exact) mass is 376 g/mol. The van der Waals surface area contributed by atoms with Crippen LogP contribution in [0.25, 0.3) is 0 Å². The summed E-state index contributed by atoms with van der Waals surface area (Å²) in [5.74, 6) is -3.79. The maximum atomic E-state index is 12.2. The van der Waals surface area contributed by atoms with Gasteiger partial charge in [0.1, 0.15) is 18.3 Å². The summed E-state index contributed by atoms with van der Waals surface area (Å²) >= 11 is 0. The molecule has 150 valence electrons. The van der Waals surface area contributed by atoms with E-state index in [1.807, 2.05) is 13.8 Å². The lowest BCUT2D eigenvalue weighted by Gasteiger charge is -2.45. The molecular weight excluding hydrogens is 348 g/mol. The van der Waals surface area contributed by atoms with Gasteiger partial charge in [-0.05, 0) is 27.7 Å². The van der Waals surface area contributed by atoms with Crippen LogP contribution in [0, 0.1) is 0 Å². The van der Waals surface area contributed by atoms with Gasteiger partial charge in [-0.2, -0.15) is 0 Å². The van der Waals surface area contributed by atoms with Crippen LogP contribution in [0.4, 0.5) is 0 Å². The number of carbonyl (C=O) groups is 1.